The van der Waals surface area contributed by atoms with E-state index in [0.29, 0.717) is 12.4 Å². The highest BCUT2D eigenvalue weighted by Crippen LogP contribution is 2.33. The summed E-state index contributed by atoms with van der Waals surface area (Å²) >= 11 is 0. The minimum atomic E-state index is -0.420. The Morgan fingerprint density at radius 2 is 1.41 bits per heavy atom. The van der Waals surface area contributed by atoms with Crippen LogP contribution in [0.1, 0.15) is 6.92 Å². The van der Waals surface area contributed by atoms with Gasteiger partial charge in [-0.2, -0.15) is 0 Å². The van der Waals surface area contributed by atoms with E-state index in [1.54, 1.807) is 4.57 Å². The molecule has 0 aliphatic rings. The smallest absolute Gasteiger partial charge is 0.424 e. The van der Waals surface area contributed by atoms with E-state index >= 15 is 0 Å². The van der Waals surface area contributed by atoms with Gasteiger partial charge >= 0.3 is 5.76 Å². The maximum atomic E-state index is 12.8. The molecule has 0 unspecified atom stereocenters. The molecular weight excluding hydrogens is 338 g/mol. The van der Waals surface area contributed by atoms with Crippen molar-refractivity contribution < 1.29 is 9.15 Å². The van der Waals surface area contributed by atoms with Crippen LogP contribution in [0.25, 0.3) is 28.3 Å². The van der Waals surface area contributed by atoms with Gasteiger partial charge in [0.15, 0.2) is 5.76 Å². The van der Waals surface area contributed by atoms with Crippen LogP contribution in [0.4, 0.5) is 0 Å². The number of hydrogen-bond acceptors (Lipinski definition) is 3. The van der Waals surface area contributed by atoms with Crippen LogP contribution in [0, 0.1) is 0 Å². The monoisotopic (exact) mass is 357 g/mol. The molecule has 4 heteroatoms. The zero-order valence-electron chi connectivity index (χ0n) is 15.0. The minimum Gasteiger partial charge on any atom is -0.494 e. The van der Waals surface area contributed by atoms with E-state index in [4.69, 9.17) is 9.15 Å². The Hall–Kier alpha value is -3.53. The average molecular weight is 357 g/mol. The summed E-state index contributed by atoms with van der Waals surface area (Å²) in [6.07, 6.45) is 0. The summed E-state index contributed by atoms with van der Waals surface area (Å²) in [4.78, 5) is 12.8. The standard InChI is InChI=1S/C23H19NO3/c1-2-26-20-15-13-19(14-16-20)24-21(17-9-5-3-6-10-17)22(27-23(24)25)18-11-7-4-8-12-18/h3-16H,2H2,1H3. The third-order valence-electron chi connectivity index (χ3n) is 4.30. The van der Waals surface area contributed by atoms with E-state index in [0.717, 1.165) is 28.3 Å². The van der Waals surface area contributed by atoms with Crippen molar-refractivity contribution in [1.82, 2.24) is 4.57 Å². The molecule has 0 N–H and O–H groups in total. The molecule has 1 aromatic heterocycles. The first kappa shape index (κ1) is 16.9. The Balaban J connectivity index is 1.94. The molecule has 0 bridgehead atoms. The number of ether oxygens (including phenoxy) is 1. The van der Waals surface area contributed by atoms with Gasteiger partial charge in [-0.05, 0) is 31.2 Å². The first-order valence-corrected chi connectivity index (χ1v) is 8.88. The molecule has 134 valence electrons. The molecule has 4 nitrogen and oxygen atoms in total. The van der Waals surface area contributed by atoms with Crippen molar-refractivity contribution in [1.29, 1.82) is 0 Å². The summed E-state index contributed by atoms with van der Waals surface area (Å²) in [7, 11) is 0. The van der Waals surface area contributed by atoms with Crippen molar-refractivity contribution in [3.63, 3.8) is 0 Å². The van der Waals surface area contributed by atoms with Gasteiger partial charge in [-0.3, -0.25) is 0 Å². The summed E-state index contributed by atoms with van der Waals surface area (Å²) in [5, 5.41) is 0. The van der Waals surface area contributed by atoms with Crippen LogP contribution in [0.15, 0.2) is 94.1 Å². The van der Waals surface area contributed by atoms with E-state index in [9.17, 15) is 4.79 Å². The second-order valence-corrected chi connectivity index (χ2v) is 6.04. The fourth-order valence-electron chi connectivity index (χ4n) is 3.11. The Labute approximate surface area is 157 Å². The summed E-state index contributed by atoms with van der Waals surface area (Å²) < 4.78 is 12.8. The summed E-state index contributed by atoms with van der Waals surface area (Å²) in [5.74, 6) is 0.903. The largest absolute Gasteiger partial charge is 0.494 e. The van der Waals surface area contributed by atoms with Crippen LogP contribution in [0.3, 0.4) is 0 Å². The van der Waals surface area contributed by atoms with Gasteiger partial charge in [-0.1, -0.05) is 60.7 Å². The van der Waals surface area contributed by atoms with Gasteiger partial charge in [0.05, 0.1) is 12.3 Å². The van der Waals surface area contributed by atoms with Gasteiger partial charge in [0, 0.05) is 11.1 Å². The third kappa shape index (κ3) is 3.29. The predicted octanol–water partition coefficient (Wildman–Crippen LogP) is 5.16. The van der Waals surface area contributed by atoms with Gasteiger partial charge in [-0.15, -0.1) is 0 Å². The van der Waals surface area contributed by atoms with Crippen LogP contribution < -0.4 is 10.5 Å². The molecular formula is C23H19NO3. The zero-order valence-corrected chi connectivity index (χ0v) is 15.0. The summed E-state index contributed by atoms with van der Waals surface area (Å²) in [6, 6.07) is 26.9. The van der Waals surface area contributed by atoms with E-state index in [2.05, 4.69) is 0 Å². The van der Waals surface area contributed by atoms with Crippen molar-refractivity contribution in [2.24, 2.45) is 0 Å². The number of aromatic nitrogens is 1. The lowest BCUT2D eigenvalue weighted by Gasteiger charge is -2.10. The van der Waals surface area contributed by atoms with Crippen molar-refractivity contribution in [3.8, 4) is 34.0 Å². The van der Waals surface area contributed by atoms with Crippen molar-refractivity contribution in [2.75, 3.05) is 6.61 Å². The summed E-state index contributed by atoms with van der Waals surface area (Å²) in [6.45, 7) is 2.53. The molecule has 0 radical (unpaired) electrons. The second-order valence-electron chi connectivity index (χ2n) is 6.04. The molecule has 4 rings (SSSR count). The molecule has 0 fully saturated rings. The van der Waals surface area contributed by atoms with E-state index in [1.807, 2.05) is 91.9 Å². The lowest BCUT2D eigenvalue weighted by molar-refractivity contribution is 0.340. The highest BCUT2D eigenvalue weighted by atomic mass is 16.5. The maximum Gasteiger partial charge on any atom is 0.424 e. The molecule has 4 aromatic rings. The quantitative estimate of drug-likeness (QED) is 0.495. The fraction of sp³-hybridized carbons (Fsp3) is 0.0870. The van der Waals surface area contributed by atoms with Crippen molar-refractivity contribution in [2.45, 2.75) is 6.92 Å². The minimum absolute atomic E-state index is 0.420. The number of oxazole rings is 1. The van der Waals surface area contributed by atoms with E-state index < -0.39 is 5.76 Å². The molecule has 0 aliphatic carbocycles. The molecule has 0 saturated carbocycles. The Morgan fingerprint density at radius 3 is 2.00 bits per heavy atom. The number of benzene rings is 3. The number of rotatable bonds is 5. The maximum absolute atomic E-state index is 12.8. The fourth-order valence-corrected chi connectivity index (χ4v) is 3.11. The molecule has 1 heterocycles. The molecule has 3 aromatic carbocycles. The second kappa shape index (κ2) is 7.38. The number of hydrogen-bond donors (Lipinski definition) is 0. The summed E-state index contributed by atoms with van der Waals surface area (Å²) in [5.41, 5.74) is 3.23. The molecule has 0 atom stereocenters. The van der Waals surface area contributed by atoms with Gasteiger partial charge in [0.25, 0.3) is 0 Å². The molecule has 27 heavy (non-hydrogen) atoms. The molecule has 0 spiro atoms. The van der Waals surface area contributed by atoms with Crippen LogP contribution in [-0.4, -0.2) is 11.2 Å². The predicted molar refractivity (Wildman–Crippen MR) is 106 cm³/mol. The topological polar surface area (TPSA) is 44.4 Å². The van der Waals surface area contributed by atoms with Crippen LogP contribution in [0.2, 0.25) is 0 Å². The molecule has 0 saturated heterocycles. The van der Waals surface area contributed by atoms with E-state index in [-0.39, 0.29) is 0 Å². The Morgan fingerprint density at radius 1 is 0.815 bits per heavy atom. The first-order valence-electron chi connectivity index (χ1n) is 8.88. The van der Waals surface area contributed by atoms with Crippen LogP contribution >= 0.6 is 0 Å². The normalized spacial score (nSPS) is 10.7. The molecule has 0 amide bonds. The Bertz CT molecular complexity index is 1080. The lowest BCUT2D eigenvalue weighted by atomic mass is 10.1. The van der Waals surface area contributed by atoms with Crippen molar-refractivity contribution in [3.05, 3.63) is 95.5 Å². The van der Waals surface area contributed by atoms with Crippen LogP contribution in [0.5, 0.6) is 5.75 Å². The van der Waals surface area contributed by atoms with Gasteiger partial charge in [0.1, 0.15) is 11.4 Å². The van der Waals surface area contributed by atoms with Crippen LogP contribution in [-0.2, 0) is 0 Å². The number of nitrogens with zero attached hydrogens (tertiary/aromatic N) is 1. The lowest BCUT2D eigenvalue weighted by Crippen LogP contribution is -2.13. The van der Waals surface area contributed by atoms with Gasteiger partial charge < -0.3 is 9.15 Å². The highest BCUT2D eigenvalue weighted by molar-refractivity contribution is 5.78. The average Bonchev–Trinajstić information content (AvgIpc) is 3.07. The SMILES string of the molecule is CCOc1ccc(-n2c(-c3ccccc3)c(-c3ccccc3)oc2=O)cc1. The third-order valence-corrected chi connectivity index (χ3v) is 4.30. The molecule has 0 aliphatic heterocycles. The highest BCUT2D eigenvalue weighted by Gasteiger charge is 2.21. The van der Waals surface area contributed by atoms with Gasteiger partial charge in [-0.25, -0.2) is 9.36 Å². The van der Waals surface area contributed by atoms with Crippen molar-refractivity contribution >= 4 is 0 Å². The van der Waals surface area contributed by atoms with Gasteiger partial charge in [0.2, 0.25) is 0 Å². The first-order chi connectivity index (χ1) is 13.3. The van der Waals surface area contributed by atoms with E-state index in [1.165, 1.54) is 0 Å². The Kier molecular flexibility index (Phi) is 4.62. The zero-order chi connectivity index (χ0) is 18.6.